The number of hydrogen-bond donors (Lipinski definition) is 1. The van der Waals surface area contributed by atoms with Crippen LogP contribution in [0.5, 0.6) is 17.2 Å². The summed E-state index contributed by atoms with van der Waals surface area (Å²) in [6.45, 7) is 5.14. The Balaban J connectivity index is 1.56. The molecule has 5 nitrogen and oxygen atoms in total. The van der Waals surface area contributed by atoms with Gasteiger partial charge in [-0.2, -0.15) is 0 Å². The molecule has 0 radical (unpaired) electrons. The summed E-state index contributed by atoms with van der Waals surface area (Å²) < 4.78 is 18.0. The molecule has 0 saturated carbocycles. The zero-order valence-corrected chi connectivity index (χ0v) is 13.0. The van der Waals surface area contributed by atoms with Crippen LogP contribution in [0.3, 0.4) is 0 Å². The predicted octanol–water partition coefficient (Wildman–Crippen LogP) is 1.58. The van der Waals surface area contributed by atoms with Gasteiger partial charge in [0.25, 0.3) is 0 Å². The van der Waals surface area contributed by atoms with Crippen molar-refractivity contribution in [3.05, 3.63) is 17.7 Å². The first-order chi connectivity index (χ1) is 10.8. The van der Waals surface area contributed by atoms with Gasteiger partial charge in [-0.1, -0.05) is 6.07 Å². The molecule has 22 heavy (non-hydrogen) atoms. The summed E-state index contributed by atoms with van der Waals surface area (Å²) in [5.41, 5.74) is 6.82. The molecule has 2 N–H and O–H groups in total. The normalized spacial score (nSPS) is 26.8. The van der Waals surface area contributed by atoms with Gasteiger partial charge >= 0.3 is 0 Å². The summed E-state index contributed by atoms with van der Waals surface area (Å²) in [5, 5.41) is 0. The second-order valence-electron chi connectivity index (χ2n) is 6.53. The molecule has 5 heteroatoms. The van der Waals surface area contributed by atoms with Crippen molar-refractivity contribution >= 4 is 0 Å². The quantitative estimate of drug-likeness (QED) is 0.919. The summed E-state index contributed by atoms with van der Waals surface area (Å²) in [6.07, 6.45) is 4.27. The first-order valence-corrected chi connectivity index (χ1v) is 8.33. The van der Waals surface area contributed by atoms with E-state index in [9.17, 15) is 0 Å². The molecule has 4 rings (SSSR count). The molecule has 1 fully saturated rings. The van der Waals surface area contributed by atoms with Gasteiger partial charge in [0.2, 0.25) is 5.75 Å². The fraction of sp³-hybridized carbons (Fsp3) is 0.647. The third-order valence-corrected chi connectivity index (χ3v) is 4.99. The standard InChI is InChI=1S/C17H24N2O3/c18-7-1-8-19-9-6-17(12-19)5-4-13-2-3-14-16(15(13)22-17)21-11-10-20-14/h2-3H,1,4-12,18H2. The lowest BCUT2D eigenvalue weighted by molar-refractivity contribution is 0.0465. The van der Waals surface area contributed by atoms with Crippen molar-refractivity contribution in [3.8, 4) is 17.2 Å². The maximum absolute atomic E-state index is 6.51. The third kappa shape index (κ3) is 2.42. The molecule has 1 saturated heterocycles. The number of aryl methyl sites for hydroxylation is 1. The minimum absolute atomic E-state index is 0.0580. The van der Waals surface area contributed by atoms with Gasteiger partial charge in [0, 0.05) is 19.5 Å². The molecule has 1 atom stereocenters. The van der Waals surface area contributed by atoms with Gasteiger partial charge in [-0.25, -0.2) is 0 Å². The number of rotatable bonds is 3. The molecule has 1 spiro atoms. The second-order valence-corrected chi connectivity index (χ2v) is 6.53. The van der Waals surface area contributed by atoms with Gasteiger partial charge in [0.15, 0.2) is 11.5 Å². The van der Waals surface area contributed by atoms with Crippen molar-refractivity contribution in [2.45, 2.75) is 31.3 Å². The Morgan fingerprint density at radius 2 is 2.05 bits per heavy atom. The first-order valence-electron chi connectivity index (χ1n) is 8.33. The Morgan fingerprint density at radius 1 is 1.14 bits per heavy atom. The molecule has 1 aromatic rings. The van der Waals surface area contributed by atoms with Gasteiger partial charge in [-0.3, -0.25) is 4.90 Å². The van der Waals surface area contributed by atoms with E-state index < -0.39 is 0 Å². The SMILES string of the molecule is NCCCN1CCC2(CCc3ccc4c(c3O2)OCCO4)C1. The highest BCUT2D eigenvalue weighted by molar-refractivity contribution is 5.57. The van der Waals surface area contributed by atoms with Crippen molar-refractivity contribution in [2.24, 2.45) is 5.73 Å². The van der Waals surface area contributed by atoms with E-state index in [1.54, 1.807) is 0 Å². The van der Waals surface area contributed by atoms with Crippen LogP contribution in [0.4, 0.5) is 0 Å². The van der Waals surface area contributed by atoms with Crippen LogP contribution in [-0.2, 0) is 6.42 Å². The van der Waals surface area contributed by atoms with Crippen LogP contribution < -0.4 is 19.9 Å². The fourth-order valence-corrected chi connectivity index (χ4v) is 3.79. The highest BCUT2D eigenvalue weighted by atomic mass is 16.6. The number of likely N-dealkylation sites (tertiary alicyclic amines) is 1. The van der Waals surface area contributed by atoms with Gasteiger partial charge in [-0.15, -0.1) is 0 Å². The Kier molecular flexibility index (Phi) is 3.62. The average Bonchev–Trinajstić information content (AvgIpc) is 2.95. The van der Waals surface area contributed by atoms with E-state index in [0.717, 1.165) is 69.1 Å². The number of nitrogens with two attached hydrogens (primary N) is 1. The molecular weight excluding hydrogens is 280 g/mol. The van der Waals surface area contributed by atoms with Crippen molar-refractivity contribution in [3.63, 3.8) is 0 Å². The smallest absolute Gasteiger partial charge is 0.204 e. The molecule has 0 aromatic heterocycles. The first kappa shape index (κ1) is 14.2. The lowest BCUT2D eigenvalue weighted by Gasteiger charge is -2.37. The van der Waals surface area contributed by atoms with E-state index >= 15 is 0 Å². The molecule has 0 amide bonds. The third-order valence-electron chi connectivity index (χ3n) is 4.99. The maximum atomic E-state index is 6.51. The predicted molar refractivity (Wildman–Crippen MR) is 83.8 cm³/mol. The summed E-state index contributed by atoms with van der Waals surface area (Å²) in [4.78, 5) is 2.48. The van der Waals surface area contributed by atoms with Crippen molar-refractivity contribution < 1.29 is 14.2 Å². The van der Waals surface area contributed by atoms with Crippen LogP contribution in [-0.4, -0.2) is 49.9 Å². The molecule has 1 unspecified atom stereocenters. The highest BCUT2D eigenvalue weighted by Crippen LogP contribution is 2.48. The number of fused-ring (bicyclic) bond motifs is 3. The number of hydrogen-bond acceptors (Lipinski definition) is 5. The topological polar surface area (TPSA) is 57.0 Å². The van der Waals surface area contributed by atoms with E-state index in [1.165, 1.54) is 5.56 Å². The summed E-state index contributed by atoms with van der Waals surface area (Å²) in [7, 11) is 0. The van der Waals surface area contributed by atoms with Gasteiger partial charge in [-0.05, 0) is 44.0 Å². The summed E-state index contributed by atoms with van der Waals surface area (Å²) in [6, 6.07) is 4.13. The van der Waals surface area contributed by atoms with E-state index in [-0.39, 0.29) is 5.60 Å². The zero-order valence-electron chi connectivity index (χ0n) is 13.0. The number of ether oxygens (including phenoxy) is 3. The van der Waals surface area contributed by atoms with E-state index in [2.05, 4.69) is 11.0 Å². The van der Waals surface area contributed by atoms with Crippen molar-refractivity contribution in [1.29, 1.82) is 0 Å². The molecule has 0 bridgehead atoms. The van der Waals surface area contributed by atoms with E-state index in [1.807, 2.05) is 6.07 Å². The van der Waals surface area contributed by atoms with Gasteiger partial charge in [0.05, 0.1) is 0 Å². The lowest BCUT2D eigenvalue weighted by Crippen LogP contribution is -2.42. The Morgan fingerprint density at radius 3 is 2.95 bits per heavy atom. The molecule has 3 aliphatic rings. The highest BCUT2D eigenvalue weighted by Gasteiger charge is 2.43. The van der Waals surface area contributed by atoms with Crippen LogP contribution in [0.2, 0.25) is 0 Å². The van der Waals surface area contributed by atoms with E-state index in [4.69, 9.17) is 19.9 Å². The molecule has 3 aliphatic heterocycles. The average molecular weight is 304 g/mol. The Labute approximate surface area is 131 Å². The Bertz CT molecular complexity index is 563. The molecule has 120 valence electrons. The lowest BCUT2D eigenvalue weighted by atomic mass is 9.90. The summed E-state index contributed by atoms with van der Waals surface area (Å²) in [5.74, 6) is 2.55. The van der Waals surface area contributed by atoms with Crippen LogP contribution in [0, 0.1) is 0 Å². The van der Waals surface area contributed by atoms with Crippen LogP contribution in [0.25, 0.3) is 0 Å². The van der Waals surface area contributed by atoms with Gasteiger partial charge in [0.1, 0.15) is 18.8 Å². The zero-order chi connectivity index (χ0) is 15.0. The van der Waals surface area contributed by atoms with Crippen molar-refractivity contribution in [1.82, 2.24) is 4.90 Å². The van der Waals surface area contributed by atoms with Crippen LogP contribution >= 0.6 is 0 Å². The minimum Gasteiger partial charge on any atom is -0.486 e. The Hall–Kier alpha value is -1.46. The molecule has 0 aliphatic carbocycles. The maximum Gasteiger partial charge on any atom is 0.204 e. The largest absolute Gasteiger partial charge is 0.486 e. The number of benzene rings is 1. The van der Waals surface area contributed by atoms with Crippen molar-refractivity contribution in [2.75, 3.05) is 39.4 Å². The molecule has 1 aromatic carbocycles. The number of nitrogens with zero attached hydrogens (tertiary/aromatic N) is 1. The minimum atomic E-state index is -0.0580. The molecular formula is C17H24N2O3. The van der Waals surface area contributed by atoms with Crippen LogP contribution in [0.15, 0.2) is 12.1 Å². The fourth-order valence-electron chi connectivity index (χ4n) is 3.79. The second kappa shape index (κ2) is 5.63. The summed E-state index contributed by atoms with van der Waals surface area (Å²) >= 11 is 0. The molecule has 3 heterocycles. The van der Waals surface area contributed by atoms with Crippen LogP contribution in [0.1, 0.15) is 24.8 Å². The monoisotopic (exact) mass is 304 g/mol. The van der Waals surface area contributed by atoms with Gasteiger partial charge < -0.3 is 19.9 Å². The van der Waals surface area contributed by atoms with E-state index in [0.29, 0.717) is 13.2 Å².